The number of aliphatic imine (C=N–C) groups is 1. The largest absolute Gasteiger partial charge is 0.381 e. The van der Waals surface area contributed by atoms with Crippen LogP contribution in [-0.2, 0) is 15.9 Å². The molecule has 1 aliphatic heterocycles. The predicted octanol–water partition coefficient (Wildman–Crippen LogP) is 3.16. The van der Waals surface area contributed by atoms with Crippen LogP contribution >= 0.6 is 35.6 Å². The van der Waals surface area contributed by atoms with Crippen molar-refractivity contribution in [2.24, 2.45) is 10.9 Å². The third-order valence-electron chi connectivity index (χ3n) is 4.56. The molecule has 0 spiro atoms. The van der Waals surface area contributed by atoms with Gasteiger partial charge in [-0.15, -0.1) is 24.0 Å². The summed E-state index contributed by atoms with van der Waals surface area (Å²) in [6, 6.07) is 7.34. The van der Waals surface area contributed by atoms with E-state index in [1.54, 1.807) is 19.2 Å². The molecule has 0 amide bonds. The number of halogens is 2. The standard InChI is InChI=1S/C20H28ClN5O3.HI/c1-22-20(23-9-2-11-27-13-15-8-12-28-14-15)24-10-7-18-25-19(26-29-18)16-3-5-17(21)6-4-16;/h3-6,15H,2,7-14H2,1H3,(H2,22,23,24);1H. The number of nitrogens with zero attached hydrogens (tertiary/aromatic N) is 3. The molecular formula is C20H29ClIN5O3. The first-order chi connectivity index (χ1) is 14.2. The Hall–Kier alpha value is -1.43. The Morgan fingerprint density at radius 2 is 2.07 bits per heavy atom. The Bertz CT molecular complexity index is 766. The summed E-state index contributed by atoms with van der Waals surface area (Å²) in [5.74, 6) is 2.43. The smallest absolute Gasteiger partial charge is 0.228 e. The van der Waals surface area contributed by atoms with Crippen LogP contribution < -0.4 is 10.6 Å². The molecule has 0 aliphatic carbocycles. The monoisotopic (exact) mass is 549 g/mol. The molecule has 1 atom stereocenters. The quantitative estimate of drug-likeness (QED) is 0.204. The molecule has 0 bridgehead atoms. The second kappa shape index (κ2) is 13.8. The molecule has 2 heterocycles. The van der Waals surface area contributed by atoms with Gasteiger partial charge in [-0.1, -0.05) is 16.8 Å². The molecule has 166 valence electrons. The third kappa shape index (κ3) is 8.37. The van der Waals surface area contributed by atoms with Crippen LogP contribution in [0.15, 0.2) is 33.8 Å². The molecular weight excluding hydrogens is 521 g/mol. The van der Waals surface area contributed by atoms with Gasteiger partial charge in [0.25, 0.3) is 0 Å². The average Bonchev–Trinajstić information content (AvgIpc) is 3.42. The molecule has 2 aromatic rings. The van der Waals surface area contributed by atoms with Gasteiger partial charge in [-0.2, -0.15) is 4.98 Å². The topological polar surface area (TPSA) is 93.8 Å². The number of rotatable bonds is 10. The van der Waals surface area contributed by atoms with Gasteiger partial charge >= 0.3 is 0 Å². The Balaban J connectivity index is 0.00000320. The van der Waals surface area contributed by atoms with Crippen molar-refractivity contribution in [3.05, 3.63) is 35.2 Å². The van der Waals surface area contributed by atoms with Crippen molar-refractivity contribution in [3.8, 4) is 11.4 Å². The average molecular weight is 550 g/mol. The van der Waals surface area contributed by atoms with E-state index < -0.39 is 0 Å². The lowest BCUT2D eigenvalue weighted by Crippen LogP contribution is -2.39. The maximum absolute atomic E-state index is 5.90. The number of hydrogen-bond donors (Lipinski definition) is 2. The number of aromatic nitrogens is 2. The molecule has 30 heavy (non-hydrogen) atoms. The van der Waals surface area contributed by atoms with Gasteiger partial charge in [0.2, 0.25) is 11.7 Å². The molecule has 0 radical (unpaired) electrons. The summed E-state index contributed by atoms with van der Waals surface area (Å²) in [5.41, 5.74) is 0.873. The summed E-state index contributed by atoms with van der Waals surface area (Å²) in [4.78, 5) is 8.63. The fourth-order valence-corrected chi connectivity index (χ4v) is 3.05. The highest BCUT2D eigenvalue weighted by molar-refractivity contribution is 14.0. The fraction of sp³-hybridized carbons (Fsp3) is 0.550. The zero-order valence-corrected chi connectivity index (χ0v) is 20.2. The van der Waals surface area contributed by atoms with Crippen LogP contribution in [0.4, 0.5) is 0 Å². The van der Waals surface area contributed by atoms with E-state index in [1.165, 1.54) is 0 Å². The first-order valence-electron chi connectivity index (χ1n) is 9.93. The highest BCUT2D eigenvalue weighted by Crippen LogP contribution is 2.18. The normalized spacial score (nSPS) is 16.3. The summed E-state index contributed by atoms with van der Waals surface area (Å²) in [6.07, 6.45) is 2.63. The fourth-order valence-electron chi connectivity index (χ4n) is 2.93. The van der Waals surface area contributed by atoms with E-state index >= 15 is 0 Å². The van der Waals surface area contributed by atoms with E-state index in [9.17, 15) is 0 Å². The Labute approximate surface area is 199 Å². The van der Waals surface area contributed by atoms with E-state index in [4.69, 9.17) is 25.6 Å². The van der Waals surface area contributed by atoms with Crippen LogP contribution in [0, 0.1) is 5.92 Å². The summed E-state index contributed by atoms with van der Waals surface area (Å²) in [5, 5.41) is 11.2. The van der Waals surface area contributed by atoms with Crippen molar-refractivity contribution in [2.45, 2.75) is 19.3 Å². The second-order valence-electron chi connectivity index (χ2n) is 6.85. The Morgan fingerprint density at radius 3 is 2.80 bits per heavy atom. The molecule has 1 unspecified atom stereocenters. The van der Waals surface area contributed by atoms with Crippen molar-refractivity contribution in [1.82, 2.24) is 20.8 Å². The van der Waals surface area contributed by atoms with Crippen molar-refractivity contribution < 1.29 is 14.0 Å². The van der Waals surface area contributed by atoms with Crippen LogP contribution in [-0.4, -0.2) is 62.7 Å². The van der Waals surface area contributed by atoms with Crippen LogP contribution in [0.2, 0.25) is 5.02 Å². The van der Waals surface area contributed by atoms with Gasteiger partial charge in [0.15, 0.2) is 5.96 Å². The van der Waals surface area contributed by atoms with Crippen LogP contribution in [0.25, 0.3) is 11.4 Å². The minimum Gasteiger partial charge on any atom is -0.381 e. The molecule has 1 saturated heterocycles. The summed E-state index contributed by atoms with van der Waals surface area (Å²) >= 11 is 5.90. The molecule has 8 nitrogen and oxygen atoms in total. The molecule has 1 aromatic heterocycles. The molecule has 1 aliphatic rings. The van der Waals surface area contributed by atoms with Crippen molar-refractivity contribution >= 4 is 41.5 Å². The lowest BCUT2D eigenvalue weighted by molar-refractivity contribution is 0.0888. The van der Waals surface area contributed by atoms with Crippen molar-refractivity contribution in [1.29, 1.82) is 0 Å². The molecule has 1 aromatic carbocycles. The minimum atomic E-state index is 0. The first kappa shape index (κ1) is 24.8. The highest BCUT2D eigenvalue weighted by Gasteiger charge is 2.15. The van der Waals surface area contributed by atoms with Crippen molar-refractivity contribution in [3.63, 3.8) is 0 Å². The number of benzene rings is 1. The van der Waals surface area contributed by atoms with Crippen LogP contribution in [0.5, 0.6) is 0 Å². The lowest BCUT2D eigenvalue weighted by Gasteiger charge is -2.12. The number of guanidine groups is 1. The molecule has 1 fully saturated rings. The molecule has 3 rings (SSSR count). The van der Waals surface area contributed by atoms with E-state index in [2.05, 4.69) is 25.8 Å². The van der Waals surface area contributed by atoms with Gasteiger partial charge in [0.05, 0.1) is 13.2 Å². The third-order valence-corrected chi connectivity index (χ3v) is 4.81. The van der Waals surface area contributed by atoms with E-state index in [0.29, 0.717) is 35.6 Å². The van der Waals surface area contributed by atoms with Gasteiger partial charge in [0.1, 0.15) is 0 Å². The van der Waals surface area contributed by atoms with Gasteiger partial charge in [-0.3, -0.25) is 4.99 Å². The van der Waals surface area contributed by atoms with Gasteiger partial charge in [-0.25, -0.2) is 0 Å². The predicted molar refractivity (Wildman–Crippen MR) is 128 cm³/mol. The van der Waals surface area contributed by atoms with Gasteiger partial charge in [-0.05, 0) is 37.1 Å². The molecule has 2 N–H and O–H groups in total. The van der Waals surface area contributed by atoms with E-state index in [-0.39, 0.29) is 24.0 Å². The Kier molecular flexibility index (Phi) is 11.4. The molecule has 0 saturated carbocycles. The second-order valence-corrected chi connectivity index (χ2v) is 7.29. The molecule has 10 heteroatoms. The first-order valence-corrected chi connectivity index (χ1v) is 10.3. The van der Waals surface area contributed by atoms with E-state index in [0.717, 1.165) is 57.3 Å². The van der Waals surface area contributed by atoms with Gasteiger partial charge in [0, 0.05) is 56.3 Å². The summed E-state index contributed by atoms with van der Waals surface area (Å²) in [7, 11) is 1.75. The summed E-state index contributed by atoms with van der Waals surface area (Å²) in [6.45, 7) is 4.65. The zero-order valence-electron chi connectivity index (χ0n) is 17.1. The maximum Gasteiger partial charge on any atom is 0.228 e. The zero-order chi connectivity index (χ0) is 20.3. The van der Waals surface area contributed by atoms with Crippen LogP contribution in [0.3, 0.4) is 0 Å². The minimum absolute atomic E-state index is 0. The van der Waals surface area contributed by atoms with Gasteiger partial charge < -0.3 is 24.6 Å². The van der Waals surface area contributed by atoms with Crippen molar-refractivity contribution in [2.75, 3.05) is 46.6 Å². The number of nitrogens with one attached hydrogen (secondary N) is 2. The SMILES string of the molecule is CN=C(NCCCOCC1CCOC1)NCCc1nc(-c2ccc(Cl)cc2)no1.I. The number of hydrogen-bond acceptors (Lipinski definition) is 6. The number of ether oxygens (including phenoxy) is 2. The van der Waals surface area contributed by atoms with E-state index in [1.807, 2.05) is 12.1 Å². The Morgan fingerprint density at radius 1 is 1.27 bits per heavy atom. The lowest BCUT2D eigenvalue weighted by atomic mass is 10.1. The highest BCUT2D eigenvalue weighted by atomic mass is 127. The summed E-state index contributed by atoms with van der Waals surface area (Å²) < 4.78 is 16.4. The maximum atomic E-state index is 5.90. The van der Waals surface area contributed by atoms with Crippen LogP contribution in [0.1, 0.15) is 18.7 Å².